The van der Waals surface area contributed by atoms with Crippen molar-refractivity contribution in [3.8, 4) is 0 Å². The van der Waals surface area contributed by atoms with Gasteiger partial charge in [0.25, 0.3) is 0 Å². The fraction of sp³-hybridized carbons (Fsp3) is 0.0769. The molecular formula is C13H13FN4O2. The van der Waals surface area contributed by atoms with Crippen LogP contribution in [0, 0.1) is 15.9 Å². The van der Waals surface area contributed by atoms with E-state index in [0.717, 1.165) is 5.56 Å². The molecule has 0 aliphatic heterocycles. The standard InChI is InChI=1S/C13H13FN4O2/c14-10-6-4-9(5-7-10)8-16-11-2-1-3-12(17-15)13(11)18(19)20/h1-7,16-17H,8,15H2. The maximum absolute atomic E-state index is 12.8. The Balaban J connectivity index is 2.21. The molecule has 6 nitrogen and oxygen atoms in total. The predicted octanol–water partition coefficient (Wildman–Crippen LogP) is 2.63. The van der Waals surface area contributed by atoms with Crippen molar-refractivity contribution in [2.24, 2.45) is 5.84 Å². The van der Waals surface area contributed by atoms with Gasteiger partial charge in [-0.05, 0) is 29.8 Å². The first-order chi connectivity index (χ1) is 9.61. The van der Waals surface area contributed by atoms with Crippen molar-refractivity contribution in [3.05, 3.63) is 64.0 Å². The number of hydrogen-bond donors (Lipinski definition) is 3. The molecule has 0 fully saturated rings. The van der Waals surface area contributed by atoms with E-state index in [4.69, 9.17) is 5.84 Å². The Labute approximate surface area is 114 Å². The minimum Gasteiger partial charge on any atom is -0.375 e. The third-order valence-electron chi connectivity index (χ3n) is 2.77. The average Bonchev–Trinajstić information content (AvgIpc) is 2.46. The highest BCUT2D eigenvalue weighted by molar-refractivity contribution is 5.75. The number of nitrogen functional groups attached to an aromatic ring is 1. The Morgan fingerprint density at radius 1 is 1.15 bits per heavy atom. The van der Waals surface area contributed by atoms with E-state index in [0.29, 0.717) is 12.2 Å². The molecule has 0 aliphatic rings. The molecule has 7 heteroatoms. The Morgan fingerprint density at radius 2 is 1.80 bits per heavy atom. The number of hydrazine groups is 1. The summed E-state index contributed by atoms with van der Waals surface area (Å²) in [5.41, 5.74) is 3.54. The average molecular weight is 276 g/mol. The predicted molar refractivity (Wildman–Crippen MR) is 74.6 cm³/mol. The summed E-state index contributed by atoms with van der Waals surface area (Å²) in [5.74, 6) is 4.93. The van der Waals surface area contributed by atoms with Gasteiger partial charge in [0.05, 0.1) is 4.92 Å². The first-order valence-electron chi connectivity index (χ1n) is 5.84. The number of nitrogens with zero attached hydrogens (tertiary/aromatic N) is 1. The van der Waals surface area contributed by atoms with Crippen molar-refractivity contribution in [2.45, 2.75) is 6.54 Å². The number of nitrogens with two attached hydrogens (primary N) is 1. The van der Waals surface area contributed by atoms with Crippen LogP contribution >= 0.6 is 0 Å². The van der Waals surface area contributed by atoms with Crippen LogP contribution in [0.1, 0.15) is 5.56 Å². The number of halogens is 1. The van der Waals surface area contributed by atoms with E-state index in [1.165, 1.54) is 18.2 Å². The topological polar surface area (TPSA) is 93.2 Å². The maximum atomic E-state index is 12.8. The minimum atomic E-state index is -0.512. The van der Waals surface area contributed by atoms with Crippen LogP contribution in [0.15, 0.2) is 42.5 Å². The first-order valence-corrected chi connectivity index (χ1v) is 5.84. The normalized spacial score (nSPS) is 10.1. The molecular weight excluding hydrogens is 263 g/mol. The van der Waals surface area contributed by atoms with Gasteiger partial charge in [-0.1, -0.05) is 18.2 Å². The van der Waals surface area contributed by atoms with E-state index in [1.54, 1.807) is 24.3 Å². The minimum absolute atomic E-state index is 0.128. The van der Waals surface area contributed by atoms with Crippen LogP contribution in [-0.2, 0) is 6.54 Å². The number of hydrogen-bond acceptors (Lipinski definition) is 5. The van der Waals surface area contributed by atoms with Gasteiger partial charge in [-0.3, -0.25) is 16.0 Å². The second-order valence-electron chi connectivity index (χ2n) is 4.08. The molecule has 0 unspecified atom stereocenters. The highest BCUT2D eigenvalue weighted by Gasteiger charge is 2.18. The van der Waals surface area contributed by atoms with Crippen LogP contribution in [0.25, 0.3) is 0 Å². The molecule has 2 aromatic carbocycles. The summed E-state index contributed by atoms with van der Waals surface area (Å²) < 4.78 is 12.8. The third-order valence-corrected chi connectivity index (χ3v) is 2.77. The summed E-state index contributed by atoms with van der Waals surface area (Å²) in [7, 11) is 0. The van der Waals surface area contributed by atoms with Crippen LogP contribution in [-0.4, -0.2) is 4.92 Å². The van der Waals surface area contributed by atoms with Gasteiger partial charge in [-0.25, -0.2) is 4.39 Å². The third kappa shape index (κ3) is 3.01. The van der Waals surface area contributed by atoms with Crippen LogP contribution < -0.4 is 16.6 Å². The molecule has 2 rings (SSSR count). The number of para-hydroxylation sites is 1. The summed E-state index contributed by atoms with van der Waals surface area (Å²) in [4.78, 5) is 10.6. The van der Waals surface area contributed by atoms with Gasteiger partial charge in [0.2, 0.25) is 0 Å². The van der Waals surface area contributed by atoms with Crippen LogP contribution in [0.5, 0.6) is 0 Å². The molecule has 0 aliphatic carbocycles. The number of nitro groups is 1. The summed E-state index contributed by atoms with van der Waals surface area (Å²) in [5, 5.41) is 14.0. The van der Waals surface area contributed by atoms with Crippen LogP contribution in [0.2, 0.25) is 0 Å². The second kappa shape index (κ2) is 5.98. The lowest BCUT2D eigenvalue weighted by Crippen LogP contribution is -2.11. The number of benzene rings is 2. The van der Waals surface area contributed by atoms with Crippen molar-refractivity contribution in [1.29, 1.82) is 0 Å². The highest BCUT2D eigenvalue weighted by atomic mass is 19.1. The van der Waals surface area contributed by atoms with Gasteiger partial charge in [-0.15, -0.1) is 0 Å². The number of anilines is 2. The monoisotopic (exact) mass is 276 g/mol. The van der Waals surface area contributed by atoms with Crippen LogP contribution in [0.3, 0.4) is 0 Å². The largest absolute Gasteiger partial charge is 0.375 e. The van der Waals surface area contributed by atoms with Crippen molar-refractivity contribution in [1.82, 2.24) is 0 Å². The lowest BCUT2D eigenvalue weighted by Gasteiger charge is -2.09. The van der Waals surface area contributed by atoms with E-state index in [1.807, 2.05) is 0 Å². The molecule has 0 radical (unpaired) electrons. The lowest BCUT2D eigenvalue weighted by atomic mass is 10.2. The highest BCUT2D eigenvalue weighted by Crippen LogP contribution is 2.32. The Hall–Kier alpha value is -2.67. The number of nitrogens with one attached hydrogen (secondary N) is 2. The molecule has 0 heterocycles. The van der Waals surface area contributed by atoms with Crippen molar-refractivity contribution < 1.29 is 9.31 Å². The van der Waals surface area contributed by atoms with E-state index in [9.17, 15) is 14.5 Å². The molecule has 0 saturated heterocycles. The van der Waals surface area contributed by atoms with Gasteiger partial charge in [0.15, 0.2) is 0 Å². The molecule has 0 atom stereocenters. The van der Waals surface area contributed by atoms with Crippen molar-refractivity contribution >= 4 is 17.1 Å². The zero-order valence-electron chi connectivity index (χ0n) is 10.5. The molecule has 0 saturated carbocycles. The van der Waals surface area contributed by atoms with Gasteiger partial charge in [0.1, 0.15) is 17.2 Å². The summed E-state index contributed by atoms with van der Waals surface area (Å²) in [6, 6.07) is 10.6. The van der Waals surface area contributed by atoms with Gasteiger partial charge < -0.3 is 10.7 Å². The first kappa shape index (κ1) is 13.8. The molecule has 0 bridgehead atoms. The van der Waals surface area contributed by atoms with E-state index in [2.05, 4.69) is 10.7 Å². The molecule has 104 valence electrons. The fourth-order valence-electron chi connectivity index (χ4n) is 1.80. The quantitative estimate of drug-likeness (QED) is 0.443. The molecule has 2 aromatic rings. The van der Waals surface area contributed by atoms with E-state index < -0.39 is 4.92 Å². The summed E-state index contributed by atoms with van der Waals surface area (Å²) in [6.07, 6.45) is 0. The zero-order valence-corrected chi connectivity index (χ0v) is 10.5. The van der Waals surface area contributed by atoms with Crippen LogP contribution in [0.4, 0.5) is 21.5 Å². The fourth-order valence-corrected chi connectivity index (χ4v) is 1.80. The zero-order chi connectivity index (χ0) is 14.5. The lowest BCUT2D eigenvalue weighted by molar-refractivity contribution is -0.383. The summed E-state index contributed by atoms with van der Waals surface area (Å²) >= 11 is 0. The Kier molecular flexibility index (Phi) is 4.11. The van der Waals surface area contributed by atoms with E-state index in [-0.39, 0.29) is 17.2 Å². The molecule has 0 spiro atoms. The van der Waals surface area contributed by atoms with Crippen molar-refractivity contribution in [3.63, 3.8) is 0 Å². The molecule has 20 heavy (non-hydrogen) atoms. The smallest absolute Gasteiger partial charge is 0.316 e. The summed E-state index contributed by atoms with van der Waals surface area (Å²) in [6.45, 7) is 0.342. The van der Waals surface area contributed by atoms with Crippen molar-refractivity contribution in [2.75, 3.05) is 10.7 Å². The van der Waals surface area contributed by atoms with Gasteiger partial charge >= 0.3 is 5.69 Å². The van der Waals surface area contributed by atoms with Gasteiger partial charge in [-0.2, -0.15) is 0 Å². The molecule has 0 amide bonds. The SMILES string of the molecule is NNc1cccc(NCc2ccc(F)cc2)c1[N+](=O)[O-]. The number of rotatable bonds is 5. The molecule has 4 N–H and O–H groups in total. The Bertz CT molecular complexity index is 616. The maximum Gasteiger partial charge on any atom is 0.316 e. The van der Waals surface area contributed by atoms with Gasteiger partial charge in [0, 0.05) is 6.54 Å². The van der Waals surface area contributed by atoms with E-state index >= 15 is 0 Å². The number of nitro benzene ring substituents is 1. The second-order valence-corrected chi connectivity index (χ2v) is 4.08. The molecule has 0 aromatic heterocycles. The Morgan fingerprint density at radius 3 is 2.40 bits per heavy atom.